The van der Waals surface area contributed by atoms with Crippen LogP contribution < -0.4 is 5.73 Å². The van der Waals surface area contributed by atoms with Gasteiger partial charge in [0, 0.05) is 11.3 Å². The molecule has 2 atom stereocenters. The molecule has 0 spiro atoms. The number of hydrogen-bond acceptors (Lipinski definition) is 3. The monoisotopic (exact) mass is 185 g/mol. The molecule has 0 aliphatic heterocycles. The van der Waals surface area contributed by atoms with Crippen molar-refractivity contribution >= 4 is 11.6 Å². The van der Waals surface area contributed by atoms with E-state index in [1.165, 1.54) is 6.92 Å². The van der Waals surface area contributed by atoms with Crippen molar-refractivity contribution in [2.45, 2.75) is 40.7 Å². The summed E-state index contributed by atoms with van der Waals surface area (Å²) in [4.78, 5) is 22.6. The predicted octanol–water partition coefficient (Wildman–Crippen LogP) is 1.15. The predicted molar refractivity (Wildman–Crippen MR) is 52.3 cm³/mol. The molecule has 0 aliphatic carbocycles. The molecule has 3 heteroatoms. The first-order chi connectivity index (χ1) is 5.68. The molecule has 3 nitrogen and oxygen atoms in total. The number of nitrogens with two attached hydrogens (primary N) is 1. The van der Waals surface area contributed by atoms with Crippen molar-refractivity contribution < 1.29 is 9.59 Å². The fraction of sp³-hybridized carbons (Fsp3) is 0.800. The van der Waals surface area contributed by atoms with E-state index in [4.69, 9.17) is 5.73 Å². The number of Topliss-reactive ketones (excluding diaryl/α,β-unsaturated/α-hetero) is 2. The Balaban J connectivity index is 4.53. The standard InChI is InChI=1S/C10H19NO2/c1-6(8(11)7(2)12)9(13)10(3,4)5/h6,8H,11H2,1-5H3. The Labute approximate surface area is 79.7 Å². The van der Waals surface area contributed by atoms with Crippen LogP contribution in [0.4, 0.5) is 0 Å². The third-order valence-corrected chi connectivity index (χ3v) is 2.16. The van der Waals surface area contributed by atoms with Crippen molar-refractivity contribution in [1.82, 2.24) is 0 Å². The number of hydrogen-bond donors (Lipinski definition) is 1. The normalized spacial score (nSPS) is 16.5. The molecule has 0 bridgehead atoms. The van der Waals surface area contributed by atoms with Gasteiger partial charge in [0.25, 0.3) is 0 Å². The maximum atomic E-state index is 11.7. The van der Waals surface area contributed by atoms with Gasteiger partial charge in [-0.05, 0) is 6.92 Å². The zero-order valence-electron chi connectivity index (χ0n) is 9.05. The van der Waals surface area contributed by atoms with Crippen LogP contribution in [0.25, 0.3) is 0 Å². The Hall–Kier alpha value is -0.700. The molecule has 2 unspecified atom stereocenters. The van der Waals surface area contributed by atoms with E-state index in [2.05, 4.69) is 0 Å². The Bertz CT molecular complexity index is 215. The number of carbonyl (C=O) groups excluding carboxylic acids is 2. The first kappa shape index (κ1) is 12.3. The first-order valence-electron chi connectivity index (χ1n) is 4.48. The minimum Gasteiger partial charge on any atom is -0.321 e. The highest BCUT2D eigenvalue weighted by molar-refractivity contribution is 5.92. The average Bonchev–Trinajstić information content (AvgIpc) is 1.98. The van der Waals surface area contributed by atoms with Crippen LogP contribution in [0, 0.1) is 11.3 Å². The summed E-state index contributed by atoms with van der Waals surface area (Å²) in [5.41, 5.74) is 5.16. The van der Waals surface area contributed by atoms with Gasteiger partial charge in [-0.15, -0.1) is 0 Å². The molecule has 0 aromatic rings. The highest BCUT2D eigenvalue weighted by Gasteiger charge is 2.31. The third kappa shape index (κ3) is 3.27. The van der Waals surface area contributed by atoms with Crippen LogP contribution in [0.1, 0.15) is 34.6 Å². The van der Waals surface area contributed by atoms with E-state index in [1.807, 2.05) is 20.8 Å². The molecule has 0 saturated heterocycles. The smallest absolute Gasteiger partial charge is 0.147 e. The average molecular weight is 185 g/mol. The van der Waals surface area contributed by atoms with Gasteiger partial charge in [-0.3, -0.25) is 9.59 Å². The molecule has 0 aliphatic rings. The zero-order valence-corrected chi connectivity index (χ0v) is 9.05. The SMILES string of the molecule is CC(=O)C(N)C(C)C(=O)C(C)(C)C. The Kier molecular flexibility index (Phi) is 3.79. The van der Waals surface area contributed by atoms with Crippen molar-refractivity contribution in [3.63, 3.8) is 0 Å². The second-order valence-electron chi connectivity index (χ2n) is 4.54. The molecular formula is C10H19NO2. The summed E-state index contributed by atoms with van der Waals surface area (Å²) in [6.45, 7) is 8.62. The highest BCUT2D eigenvalue weighted by atomic mass is 16.1. The molecule has 0 rings (SSSR count). The van der Waals surface area contributed by atoms with Gasteiger partial charge in [-0.2, -0.15) is 0 Å². The van der Waals surface area contributed by atoms with E-state index < -0.39 is 17.4 Å². The lowest BCUT2D eigenvalue weighted by Gasteiger charge is -2.24. The Morgan fingerprint density at radius 2 is 1.62 bits per heavy atom. The van der Waals surface area contributed by atoms with Gasteiger partial charge in [-0.1, -0.05) is 27.7 Å². The lowest BCUT2D eigenvalue weighted by atomic mass is 9.80. The van der Waals surface area contributed by atoms with Gasteiger partial charge in [0.15, 0.2) is 0 Å². The highest BCUT2D eigenvalue weighted by Crippen LogP contribution is 2.21. The van der Waals surface area contributed by atoms with Crippen molar-refractivity contribution in [3.8, 4) is 0 Å². The summed E-state index contributed by atoms with van der Waals surface area (Å²) >= 11 is 0. The van der Waals surface area contributed by atoms with Gasteiger partial charge >= 0.3 is 0 Å². The maximum Gasteiger partial charge on any atom is 0.147 e. The molecule has 76 valence electrons. The van der Waals surface area contributed by atoms with E-state index in [9.17, 15) is 9.59 Å². The molecule has 0 aromatic carbocycles. The maximum absolute atomic E-state index is 11.7. The van der Waals surface area contributed by atoms with Crippen molar-refractivity contribution in [2.75, 3.05) is 0 Å². The molecular weight excluding hydrogens is 166 g/mol. The number of rotatable bonds is 3. The molecule has 0 heterocycles. The molecule has 2 N–H and O–H groups in total. The minimum absolute atomic E-state index is 0.0372. The molecule has 13 heavy (non-hydrogen) atoms. The molecule has 0 radical (unpaired) electrons. The van der Waals surface area contributed by atoms with E-state index in [-0.39, 0.29) is 11.6 Å². The number of ketones is 2. The van der Waals surface area contributed by atoms with Crippen LogP contribution in [-0.2, 0) is 9.59 Å². The fourth-order valence-corrected chi connectivity index (χ4v) is 1.20. The van der Waals surface area contributed by atoms with Crippen LogP contribution in [-0.4, -0.2) is 17.6 Å². The Morgan fingerprint density at radius 3 is 1.85 bits per heavy atom. The largest absolute Gasteiger partial charge is 0.321 e. The van der Waals surface area contributed by atoms with Crippen LogP contribution in [0.2, 0.25) is 0 Å². The molecule has 0 amide bonds. The second kappa shape index (κ2) is 4.01. The summed E-state index contributed by atoms with van der Waals surface area (Å²) in [6, 6.07) is -0.660. The second-order valence-corrected chi connectivity index (χ2v) is 4.54. The quantitative estimate of drug-likeness (QED) is 0.717. The Morgan fingerprint density at radius 1 is 1.23 bits per heavy atom. The van der Waals surface area contributed by atoms with Crippen molar-refractivity contribution in [3.05, 3.63) is 0 Å². The van der Waals surface area contributed by atoms with Crippen molar-refractivity contribution in [1.29, 1.82) is 0 Å². The lowest BCUT2D eigenvalue weighted by Crippen LogP contribution is -2.43. The summed E-state index contributed by atoms with van der Waals surface area (Å²) in [5, 5.41) is 0. The van der Waals surface area contributed by atoms with Gasteiger partial charge in [0.1, 0.15) is 11.6 Å². The minimum atomic E-state index is -0.660. The van der Waals surface area contributed by atoms with Crippen LogP contribution >= 0.6 is 0 Å². The van der Waals surface area contributed by atoms with E-state index in [0.29, 0.717) is 0 Å². The van der Waals surface area contributed by atoms with Crippen LogP contribution in [0.5, 0.6) is 0 Å². The number of carbonyl (C=O) groups is 2. The summed E-state index contributed by atoms with van der Waals surface area (Å²) in [6.07, 6.45) is 0. The van der Waals surface area contributed by atoms with Gasteiger partial charge in [-0.25, -0.2) is 0 Å². The van der Waals surface area contributed by atoms with E-state index >= 15 is 0 Å². The van der Waals surface area contributed by atoms with E-state index in [1.54, 1.807) is 6.92 Å². The zero-order chi connectivity index (χ0) is 10.8. The van der Waals surface area contributed by atoms with Crippen LogP contribution in [0.3, 0.4) is 0 Å². The lowest BCUT2D eigenvalue weighted by molar-refractivity contribution is -0.133. The molecule has 0 fully saturated rings. The summed E-state index contributed by atoms with van der Waals surface area (Å²) < 4.78 is 0. The fourth-order valence-electron chi connectivity index (χ4n) is 1.20. The van der Waals surface area contributed by atoms with Gasteiger partial charge in [0.2, 0.25) is 0 Å². The van der Waals surface area contributed by atoms with E-state index in [0.717, 1.165) is 0 Å². The third-order valence-electron chi connectivity index (χ3n) is 2.16. The van der Waals surface area contributed by atoms with Gasteiger partial charge < -0.3 is 5.73 Å². The molecule has 0 saturated carbocycles. The van der Waals surface area contributed by atoms with Crippen molar-refractivity contribution in [2.24, 2.45) is 17.1 Å². The van der Waals surface area contributed by atoms with Crippen LogP contribution in [0.15, 0.2) is 0 Å². The summed E-state index contributed by atoms with van der Waals surface area (Å²) in [7, 11) is 0. The van der Waals surface area contributed by atoms with Gasteiger partial charge in [0.05, 0.1) is 6.04 Å². The first-order valence-corrected chi connectivity index (χ1v) is 4.48. The summed E-state index contributed by atoms with van der Waals surface area (Å²) in [5.74, 6) is -0.488. The molecule has 0 aromatic heterocycles. The topological polar surface area (TPSA) is 60.2 Å².